The van der Waals surface area contributed by atoms with E-state index in [-0.39, 0.29) is 0 Å². The number of hydrogen-bond donors (Lipinski definition) is 1. The fraction of sp³-hybridized carbons (Fsp3) is 0.167. The van der Waals surface area contributed by atoms with Crippen LogP contribution in [0.3, 0.4) is 0 Å². The Morgan fingerprint density at radius 2 is 2.08 bits per heavy atom. The monoisotopic (exact) mass is 171 g/mol. The number of benzene rings is 1. The molecule has 66 valence electrons. The molecule has 0 atom stereocenters. The van der Waals surface area contributed by atoms with Crippen molar-refractivity contribution in [1.82, 2.24) is 0 Å². The summed E-state index contributed by atoms with van der Waals surface area (Å²) in [6, 6.07) is 4.19. The van der Waals surface area contributed by atoms with Gasteiger partial charge in [0, 0.05) is 5.69 Å². The molecule has 0 saturated heterocycles. The molecule has 0 spiro atoms. The maximum atomic E-state index is 5.82. The van der Waals surface area contributed by atoms with E-state index in [1.54, 1.807) is 0 Å². The summed E-state index contributed by atoms with van der Waals surface area (Å²) in [5.41, 5.74) is 11.6. The van der Waals surface area contributed by atoms with Crippen molar-refractivity contribution in [2.45, 2.75) is 13.3 Å². The number of allylic oxidation sites excluding steroid dienone is 2. The quantitative estimate of drug-likeness (QED) is 0.597. The largest absolute Gasteiger partial charge is 0.398 e. The smallest absolute Gasteiger partial charge is 0.0349 e. The minimum absolute atomic E-state index is 0.871. The highest BCUT2D eigenvalue weighted by molar-refractivity contribution is 5.67. The second kappa shape index (κ2) is 2.77. The molecule has 13 heavy (non-hydrogen) atoms. The second-order valence-corrected chi connectivity index (χ2v) is 3.58. The average Bonchev–Trinajstić information content (AvgIpc) is 2.08. The molecular formula is C12H13N. The zero-order chi connectivity index (χ0) is 9.42. The van der Waals surface area contributed by atoms with Gasteiger partial charge in [-0.15, -0.1) is 0 Å². The summed E-state index contributed by atoms with van der Waals surface area (Å²) in [6.07, 6.45) is 5.08. The van der Waals surface area contributed by atoms with E-state index in [9.17, 15) is 0 Å². The van der Waals surface area contributed by atoms with Crippen LogP contribution < -0.4 is 5.73 Å². The lowest BCUT2D eigenvalue weighted by molar-refractivity contribution is 1.17. The zero-order valence-corrected chi connectivity index (χ0v) is 7.80. The predicted molar refractivity (Wildman–Crippen MR) is 57.5 cm³/mol. The van der Waals surface area contributed by atoms with Crippen LogP contribution in [0.4, 0.5) is 5.69 Å². The van der Waals surface area contributed by atoms with Gasteiger partial charge in [0.1, 0.15) is 0 Å². The Hall–Kier alpha value is -1.50. The van der Waals surface area contributed by atoms with Crippen molar-refractivity contribution < 1.29 is 0 Å². The van der Waals surface area contributed by atoms with Crippen molar-refractivity contribution in [1.29, 1.82) is 0 Å². The van der Waals surface area contributed by atoms with Gasteiger partial charge in [0.2, 0.25) is 0 Å². The molecule has 1 nitrogen and oxygen atoms in total. The highest BCUT2D eigenvalue weighted by Crippen LogP contribution is 2.25. The van der Waals surface area contributed by atoms with Gasteiger partial charge in [-0.2, -0.15) is 0 Å². The van der Waals surface area contributed by atoms with Gasteiger partial charge >= 0.3 is 0 Å². The van der Waals surface area contributed by atoms with E-state index in [4.69, 9.17) is 5.73 Å². The third-order valence-corrected chi connectivity index (χ3v) is 2.44. The fourth-order valence-corrected chi connectivity index (χ4v) is 1.62. The number of nitrogen functional groups attached to an aromatic ring is 1. The molecule has 0 radical (unpaired) electrons. The van der Waals surface area contributed by atoms with Crippen LogP contribution in [0.5, 0.6) is 0 Å². The minimum atomic E-state index is 0.871. The molecule has 1 heteroatoms. The summed E-state index contributed by atoms with van der Waals surface area (Å²) >= 11 is 0. The van der Waals surface area contributed by atoms with Crippen molar-refractivity contribution in [2.24, 2.45) is 0 Å². The van der Waals surface area contributed by atoms with Crippen molar-refractivity contribution in [3.63, 3.8) is 0 Å². The lowest BCUT2D eigenvalue weighted by Crippen LogP contribution is -1.99. The topological polar surface area (TPSA) is 26.0 Å². The van der Waals surface area contributed by atoms with Gasteiger partial charge in [-0.05, 0) is 36.1 Å². The molecule has 2 N–H and O–H groups in total. The first-order chi connectivity index (χ1) is 6.16. The normalized spacial score (nSPS) is 14.4. The van der Waals surface area contributed by atoms with E-state index >= 15 is 0 Å². The number of nitrogens with two attached hydrogens (primary N) is 1. The van der Waals surface area contributed by atoms with Crippen LogP contribution in [-0.2, 0) is 6.42 Å². The maximum absolute atomic E-state index is 5.82. The number of anilines is 1. The first-order valence-electron chi connectivity index (χ1n) is 4.41. The van der Waals surface area contributed by atoms with Crippen LogP contribution >= 0.6 is 0 Å². The Morgan fingerprint density at radius 3 is 2.85 bits per heavy atom. The average molecular weight is 171 g/mol. The van der Waals surface area contributed by atoms with Crippen LogP contribution in [0.15, 0.2) is 30.4 Å². The molecule has 0 aliphatic heterocycles. The molecule has 0 unspecified atom stereocenters. The van der Waals surface area contributed by atoms with Gasteiger partial charge in [-0.25, -0.2) is 0 Å². The number of fused-ring (bicyclic) bond motifs is 1. The zero-order valence-electron chi connectivity index (χ0n) is 7.80. The maximum Gasteiger partial charge on any atom is 0.0349 e. The van der Waals surface area contributed by atoms with Gasteiger partial charge in [0.05, 0.1) is 0 Å². The molecule has 1 aromatic rings. The van der Waals surface area contributed by atoms with Crippen molar-refractivity contribution in [2.75, 3.05) is 5.73 Å². The Kier molecular flexibility index (Phi) is 1.73. The molecule has 0 aromatic heterocycles. The van der Waals surface area contributed by atoms with Gasteiger partial charge in [-0.3, -0.25) is 0 Å². The van der Waals surface area contributed by atoms with Crippen molar-refractivity contribution in [3.05, 3.63) is 47.1 Å². The Bertz CT molecular complexity index is 400. The summed E-state index contributed by atoms with van der Waals surface area (Å²) in [4.78, 5) is 0. The Labute approximate surface area is 78.6 Å². The number of rotatable bonds is 0. The van der Waals surface area contributed by atoms with Crippen LogP contribution in [0.1, 0.15) is 16.7 Å². The Morgan fingerprint density at radius 1 is 1.31 bits per heavy atom. The van der Waals surface area contributed by atoms with E-state index in [1.807, 2.05) is 13.0 Å². The molecule has 0 fully saturated rings. The highest BCUT2D eigenvalue weighted by Gasteiger charge is 2.08. The summed E-state index contributed by atoms with van der Waals surface area (Å²) in [6.45, 7) is 5.99. The van der Waals surface area contributed by atoms with E-state index in [2.05, 4.69) is 24.8 Å². The summed E-state index contributed by atoms with van der Waals surface area (Å²) in [7, 11) is 0. The fourth-order valence-electron chi connectivity index (χ4n) is 1.62. The molecule has 1 aromatic carbocycles. The molecule has 0 amide bonds. The molecule has 0 heterocycles. The molecule has 2 rings (SSSR count). The molecule has 1 aliphatic carbocycles. The SMILES string of the molecule is C=C1C=Cc2cc(N)c(C)cc2C1. The molecular weight excluding hydrogens is 158 g/mol. The third kappa shape index (κ3) is 1.37. The minimum Gasteiger partial charge on any atom is -0.398 e. The van der Waals surface area contributed by atoms with Crippen LogP contribution in [0.25, 0.3) is 6.08 Å². The first-order valence-corrected chi connectivity index (χ1v) is 4.41. The second-order valence-electron chi connectivity index (χ2n) is 3.58. The van der Waals surface area contributed by atoms with Crippen molar-refractivity contribution in [3.8, 4) is 0 Å². The third-order valence-electron chi connectivity index (χ3n) is 2.44. The van der Waals surface area contributed by atoms with Gasteiger partial charge in [-0.1, -0.05) is 30.4 Å². The summed E-state index contributed by atoms with van der Waals surface area (Å²) in [5.74, 6) is 0. The van der Waals surface area contributed by atoms with Crippen LogP contribution in [-0.4, -0.2) is 0 Å². The first kappa shape index (κ1) is 8.11. The van der Waals surface area contributed by atoms with Crippen LogP contribution in [0.2, 0.25) is 0 Å². The summed E-state index contributed by atoms with van der Waals surface area (Å²) in [5, 5.41) is 0. The lowest BCUT2D eigenvalue weighted by atomic mass is 9.92. The van der Waals surface area contributed by atoms with E-state index in [0.717, 1.165) is 23.2 Å². The van der Waals surface area contributed by atoms with E-state index in [1.165, 1.54) is 11.1 Å². The van der Waals surface area contributed by atoms with Gasteiger partial charge < -0.3 is 5.73 Å². The van der Waals surface area contributed by atoms with Gasteiger partial charge in [0.25, 0.3) is 0 Å². The molecule has 1 aliphatic rings. The lowest BCUT2D eigenvalue weighted by Gasteiger charge is -2.14. The van der Waals surface area contributed by atoms with Crippen LogP contribution in [0, 0.1) is 6.92 Å². The molecule has 0 saturated carbocycles. The van der Waals surface area contributed by atoms with Crippen molar-refractivity contribution >= 4 is 11.8 Å². The van der Waals surface area contributed by atoms with Gasteiger partial charge in [0.15, 0.2) is 0 Å². The summed E-state index contributed by atoms with van der Waals surface area (Å²) < 4.78 is 0. The molecule has 0 bridgehead atoms. The predicted octanol–water partition coefficient (Wildman–Crippen LogP) is 2.70. The van der Waals surface area contributed by atoms with E-state index in [0.29, 0.717) is 0 Å². The highest BCUT2D eigenvalue weighted by atomic mass is 14.6. The Balaban J connectivity index is 2.58. The standard InChI is InChI=1S/C12H13N/c1-8-3-4-10-7-12(13)9(2)6-11(10)5-8/h3-4,6-7H,1,5,13H2,2H3. The number of aryl methyl sites for hydroxylation is 1. The number of hydrogen-bond acceptors (Lipinski definition) is 1. The van der Waals surface area contributed by atoms with E-state index < -0.39 is 0 Å².